The van der Waals surface area contributed by atoms with Crippen LogP contribution in [0.2, 0.25) is 0 Å². The number of carbonyl (C=O) groups excluding carboxylic acids is 2. The van der Waals surface area contributed by atoms with Crippen molar-refractivity contribution in [2.45, 2.75) is 84.0 Å². The van der Waals surface area contributed by atoms with Crippen molar-refractivity contribution in [2.24, 2.45) is 0 Å². The fourth-order valence-corrected chi connectivity index (χ4v) is 5.83. The number of quaternary nitrogens is 1. The Labute approximate surface area is 273 Å². The number of sulfonamides is 1. The minimum atomic E-state index is -3.96. The zero-order chi connectivity index (χ0) is 34.3. The van der Waals surface area contributed by atoms with E-state index in [2.05, 4.69) is 30.6 Å². The van der Waals surface area contributed by atoms with Crippen molar-refractivity contribution in [2.75, 3.05) is 31.6 Å². The summed E-state index contributed by atoms with van der Waals surface area (Å²) < 4.78 is 41.5. The van der Waals surface area contributed by atoms with E-state index in [9.17, 15) is 18.0 Å². The number of aromatic nitrogens is 2. The highest BCUT2D eigenvalue weighted by molar-refractivity contribution is 7.89. The first kappa shape index (κ1) is 36.6. The number of esters is 1. The Morgan fingerprint density at radius 2 is 1.54 bits per heavy atom. The second-order valence-electron chi connectivity index (χ2n) is 13.3. The van der Waals surface area contributed by atoms with Gasteiger partial charge in [-0.25, -0.2) is 22.9 Å². The van der Waals surface area contributed by atoms with Crippen molar-refractivity contribution >= 4 is 33.6 Å². The van der Waals surface area contributed by atoms with Gasteiger partial charge in [0.05, 0.1) is 26.2 Å². The Morgan fingerprint density at radius 1 is 0.913 bits per heavy atom. The van der Waals surface area contributed by atoms with E-state index in [0.717, 1.165) is 33.7 Å². The minimum Gasteiger partial charge on any atom is -0.459 e. The van der Waals surface area contributed by atoms with E-state index in [4.69, 9.17) is 14.5 Å². The predicted molar refractivity (Wildman–Crippen MR) is 180 cm³/mol. The third kappa shape index (κ3) is 10.3. The van der Waals surface area contributed by atoms with Gasteiger partial charge in [0.15, 0.2) is 0 Å². The molecule has 3 rings (SSSR count). The molecule has 12 heteroatoms. The van der Waals surface area contributed by atoms with E-state index >= 15 is 0 Å². The quantitative estimate of drug-likeness (QED) is 0.192. The third-order valence-corrected chi connectivity index (χ3v) is 8.82. The molecule has 0 radical (unpaired) electrons. The first-order chi connectivity index (χ1) is 21.4. The van der Waals surface area contributed by atoms with Gasteiger partial charge in [0.2, 0.25) is 10.0 Å². The van der Waals surface area contributed by atoms with Crippen molar-refractivity contribution in [1.29, 1.82) is 0 Å². The fourth-order valence-electron chi connectivity index (χ4n) is 4.64. The van der Waals surface area contributed by atoms with Crippen LogP contribution < -0.4 is 14.1 Å². The zero-order valence-corrected chi connectivity index (χ0v) is 29.2. The average Bonchev–Trinajstić information content (AvgIpc) is 2.98. The van der Waals surface area contributed by atoms with E-state index in [1.54, 1.807) is 65.8 Å². The summed E-state index contributed by atoms with van der Waals surface area (Å²) in [6, 6.07) is 15.2. The highest BCUT2D eigenvalue weighted by Crippen LogP contribution is 2.27. The molecule has 11 nitrogen and oxygen atoms in total. The average molecular weight is 655 g/mol. The fraction of sp³-hybridized carbons (Fsp3) is 0.471. The molecule has 0 saturated heterocycles. The molecule has 0 fully saturated rings. The van der Waals surface area contributed by atoms with Crippen LogP contribution in [-0.4, -0.2) is 68.3 Å². The van der Waals surface area contributed by atoms with E-state index in [-0.39, 0.29) is 17.1 Å². The van der Waals surface area contributed by atoms with Crippen LogP contribution in [0.15, 0.2) is 71.9 Å². The molecule has 0 saturated carbocycles. The molecule has 2 heterocycles. The van der Waals surface area contributed by atoms with Crippen LogP contribution in [0, 0.1) is 0 Å². The largest absolute Gasteiger partial charge is 0.459 e. The molecule has 1 unspecified atom stereocenters. The van der Waals surface area contributed by atoms with Crippen LogP contribution in [-0.2, 0) is 30.7 Å². The van der Waals surface area contributed by atoms with E-state index < -0.39 is 45.9 Å². The number of rotatable bonds is 12. The maximum atomic E-state index is 13.5. The summed E-state index contributed by atoms with van der Waals surface area (Å²) in [5.74, 6) is -0.460. The van der Waals surface area contributed by atoms with Gasteiger partial charge in [0, 0.05) is 24.5 Å². The Morgan fingerprint density at radius 3 is 2.09 bits per heavy atom. The number of ether oxygens (including phenoxy) is 2. The Bertz CT molecular complexity index is 1580. The van der Waals surface area contributed by atoms with Gasteiger partial charge >= 0.3 is 12.1 Å². The number of anilines is 1. The van der Waals surface area contributed by atoms with E-state index in [0.29, 0.717) is 5.69 Å². The van der Waals surface area contributed by atoms with Crippen molar-refractivity contribution in [1.82, 2.24) is 19.2 Å². The molecule has 1 N–H and O–H groups in total. The Hall–Kier alpha value is -3.87. The first-order valence-corrected chi connectivity index (χ1v) is 16.9. The van der Waals surface area contributed by atoms with Gasteiger partial charge < -0.3 is 9.47 Å². The van der Waals surface area contributed by atoms with Crippen molar-refractivity contribution in [3.05, 3.63) is 78.2 Å². The topological polar surface area (TPSA) is 128 Å². The molecule has 250 valence electrons. The number of carbonyl (C=O) groups is 2. The minimum absolute atomic E-state index is 0.0352. The molecule has 0 bridgehead atoms. The van der Waals surface area contributed by atoms with E-state index in [1.807, 2.05) is 24.3 Å². The number of nitrogens with zero attached hydrogens (tertiary/aromatic N) is 4. The lowest BCUT2D eigenvalue weighted by atomic mass is 10.0. The molecule has 1 amide bonds. The number of benzene rings is 1. The monoisotopic (exact) mass is 654 g/mol. The van der Waals surface area contributed by atoms with Gasteiger partial charge in [0.1, 0.15) is 34.1 Å². The Balaban J connectivity index is 2.02. The van der Waals surface area contributed by atoms with Gasteiger partial charge in [0.25, 0.3) is 0 Å². The van der Waals surface area contributed by atoms with Crippen LogP contribution >= 0.6 is 0 Å². The summed E-state index contributed by atoms with van der Waals surface area (Å²) in [5.41, 5.74) is 0.747. The summed E-state index contributed by atoms with van der Waals surface area (Å²) in [4.78, 5) is 35.9. The lowest BCUT2D eigenvalue weighted by Gasteiger charge is -2.32. The first-order valence-electron chi connectivity index (χ1n) is 15.4. The molecule has 2 aromatic heterocycles. The van der Waals surface area contributed by atoms with Crippen LogP contribution in [0.4, 0.5) is 16.3 Å². The third-order valence-electron chi connectivity index (χ3n) is 7.36. The van der Waals surface area contributed by atoms with E-state index in [1.165, 1.54) is 18.5 Å². The molecule has 0 aliphatic rings. The highest BCUT2D eigenvalue weighted by Gasteiger charge is 2.30. The lowest BCUT2D eigenvalue weighted by molar-refractivity contribution is -0.153. The molecule has 0 aliphatic heterocycles. The molecule has 1 aromatic carbocycles. The zero-order valence-electron chi connectivity index (χ0n) is 28.4. The molecular weight excluding hydrogens is 606 g/mol. The summed E-state index contributed by atoms with van der Waals surface area (Å²) in [7, 11) is -1.81. The van der Waals surface area contributed by atoms with Crippen LogP contribution in [0.5, 0.6) is 0 Å². The molecule has 0 spiro atoms. The van der Waals surface area contributed by atoms with Gasteiger partial charge in [-0.1, -0.05) is 18.2 Å². The van der Waals surface area contributed by atoms with Crippen LogP contribution in [0.25, 0.3) is 0 Å². The van der Waals surface area contributed by atoms with Crippen molar-refractivity contribution in [3.8, 4) is 0 Å². The van der Waals surface area contributed by atoms with Crippen LogP contribution in [0.1, 0.15) is 72.7 Å². The summed E-state index contributed by atoms with van der Waals surface area (Å²) in [5, 5.41) is 0. The van der Waals surface area contributed by atoms with Gasteiger partial charge in [-0.3, -0.25) is 19.2 Å². The van der Waals surface area contributed by atoms with Gasteiger partial charge in [-0.05, 0) is 97.4 Å². The van der Waals surface area contributed by atoms with Crippen molar-refractivity contribution in [3.63, 3.8) is 0 Å². The predicted octanol–water partition coefficient (Wildman–Crippen LogP) is 5.80. The maximum absolute atomic E-state index is 13.5. The summed E-state index contributed by atoms with van der Waals surface area (Å²) in [6.45, 7) is 16.1. The Kier molecular flexibility index (Phi) is 11.7. The highest BCUT2D eigenvalue weighted by atomic mass is 32.2. The maximum Gasteiger partial charge on any atom is 0.416 e. The standard InChI is InChI=1S/C34H48N5O6S/c1-10-39(9,11-2)27-19-17-25(18-20-27)29(37-46(42,43)28-15-13-21-35-23-28)22-26-14-12-16-30(36-26)38(32(41)45-34(6,7)8)24-31(40)44-33(3,4)5/h12-21,23,29,37H,10-11,22,24H2,1-9H3/q+1. The number of hydrogen-bond donors (Lipinski definition) is 1. The molecule has 1 atom stereocenters. The number of hydrogen-bond acceptors (Lipinski definition) is 8. The number of nitrogens with one attached hydrogen (secondary N) is 1. The molecule has 46 heavy (non-hydrogen) atoms. The van der Waals surface area contributed by atoms with Gasteiger partial charge in [-0.2, -0.15) is 0 Å². The van der Waals surface area contributed by atoms with Crippen LogP contribution in [0.3, 0.4) is 0 Å². The van der Waals surface area contributed by atoms with Crippen molar-refractivity contribution < 1.29 is 27.5 Å². The second kappa shape index (κ2) is 14.7. The second-order valence-corrected chi connectivity index (χ2v) is 15.0. The summed E-state index contributed by atoms with van der Waals surface area (Å²) >= 11 is 0. The SMILES string of the molecule is CC[N+](C)(CC)c1ccc(C(Cc2cccc(N(CC(=O)OC(C)(C)C)C(=O)OC(C)(C)C)n2)NS(=O)(=O)c2cccnc2)cc1. The molecular formula is C34H48N5O6S+. The normalized spacial score (nSPS) is 13.2. The smallest absolute Gasteiger partial charge is 0.416 e. The lowest BCUT2D eigenvalue weighted by Crippen LogP contribution is -2.44. The molecule has 3 aromatic rings. The number of amides is 1. The molecule has 0 aliphatic carbocycles. The number of pyridine rings is 2. The summed E-state index contributed by atoms with van der Waals surface area (Å²) in [6.07, 6.45) is 2.19. The van der Waals surface area contributed by atoms with Gasteiger partial charge in [-0.15, -0.1) is 0 Å².